The molecule has 0 saturated heterocycles. The molecule has 3 N–H and O–H groups in total. The molecule has 0 aliphatic heterocycles. The Bertz CT molecular complexity index is 338. The van der Waals surface area contributed by atoms with Gasteiger partial charge < -0.3 is 10.2 Å². The lowest BCUT2D eigenvalue weighted by Crippen LogP contribution is -2.11. The van der Waals surface area contributed by atoms with Crippen LogP contribution in [0.4, 0.5) is 5.82 Å². The van der Waals surface area contributed by atoms with Crippen molar-refractivity contribution in [2.45, 2.75) is 26.4 Å². The standard InChI is InChI=1S/C10H16N4O/c1-7-4-9(14-11)13-10(12-7)6-15-5-8-2-3-8/h4,8H,2-3,5-6,11H2,1H3,(H,12,13,14). The molecule has 0 amide bonds. The molecule has 1 heterocycles. The van der Waals surface area contributed by atoms with Crippen molar-refractivity contribution in [2.75, 3.05) is 12.0 Å². The van der Waals surface area contributed by atoms with Crippen molar-refractivity contribution in [3.63, 3.8) is 0 Å². The smallest absolute Gasteiger partial charge is 0.156 e. The maximum absolute atomic E-state index is 5.50. The van der Waals surface area contributed by atoms with Gasteiger partial charge in [0.15, 0.2) is 5.82 Å². The average molecular weight is 208 g/mol. The first-order valence-electron chi connectivity index (χ1n) is 5.17. The summed E-state index contributed by atoms with van der Waals surface area (Å²) in [5.74, 6) is 7.37. The Morgan fingerprint density at radius 3 is 3.00 bits per heavy atom. The van der Waals surface area contributed by atoms with Crippen LogP contribution in [0.15, 0.2) is 6.07 Å². The fraction of sp³-hybridized carbons (Fsp3) is 0.600. The Morgan fingerprint density at radius 2 is 2.33 bits per heavy atom. The molecule has 0 bridgehead atoms. The molecule has 1 aromatic rings. The number of nitrogens with two attached hydrogens (primary N) is 1. The Balaban J connectivity index is 1.90. The van der Waals surface area contributed by atoms with Gasteiger partial charge in [-0.25, -0.2) is 15.8 Å². The van der Waals surface area contributed by atoms with Gasteiger partial charge in [-0.3, -0.25) is 0 Å². The van der Waals surface area contributed by atoms with Crippen LogP contribution in [0, 0.1) is 12.8 Å². The van der Waals surface area contributed by atoms with Crippen LogP contribution in [-0.2, 0) is 11.3 Å². The number of nitrogens with one attached hydrogen (secondary N) is 1. The minimum absolute atomic E-state index is 0.465. The van der Waals surface area contributed by atoms with Crippen molar-refractivity contribution in [2.24, 2.45) is 11.8 Å². The summed E-state index contributed by atoms with van der Waals surface area (Å²) in [5.41, 5.74) is 3.40. The number of aryl methyl sites for hydroxylation is 1. The average Bonchev–Trinajstić information content (AvgIpc) is 3.01. The molecule has 1 saturated carbocycles. The summed E-state index contributed by atoms with van der Waals surface area (Å²) in [6.07, 6.45) is 2.59. The lowest BCUT2D eigenvalue weighted by Gasteiger charge is -2.05. The van der Waals surface area contributed by atoms with Crippen LogP contribution in [-0.4, -0.2) is 16.6 Å². The molecule has 15 heavy (non-hydrogen) atoms. The number of aromatic nitrogens is 2. The molecule has 1 fully saturated rings. The minimum atomic E-state index is 0.465. The summed E-state index contributed by atoms with van der Waals surface area (Å²) in [7, 11) is 0. The number of hydrogen-bond acceptors (Lipinski definition) is 5. The van der Waals surface area contributed by atoms with Gasteiger partial charge >= 0.3 is 0 Å². The maximum atomic E-state index is 5.50. The lowest BCUT2D eigenvalue weighted by molar-refractivity contribution is 0.106. The van der Waals surface area contributed by atoms with E-state index >= 15 is 0 Å². The molecule has 1 aliphatic rings. The molecule has 5 heteroatoms. The summed E-state index contributed by atoms with van der Waals surface area (Å²) in [6.45, 7) is 3.20. The highest BCUT2D eigenvalue weighted by molar-refractivity contribution is 5.33. The van der Waals surface area contributed by atoms with Crippen LogP contribution in [0.2, 0.25) is 0 Å². The maximum Gasteiger partial charge on any atom is 0.156 e. The van der Waals surface area contributed by atoms with Crippen LogP contribution in [0.5, 0.6) is 0 Å². The van der Waals surface area contributed by atoms with E-state index in [1.165, 1.54) is 12.8 Å². The number of nitrogens with zero attached hydrogens (tertiary/aromatic N) is 2. The van der Waals surface area contributed by atoms with Gasteiger partial charge in [0.05, 0.1) is 0 Å². The van der Waals surface area contributed by atoms with Gasteiger partial charge in [0.2, 0.25) is 0 Å². The molecule has 0 radical (unpaired) electrons. The first kappa shape index (κ1) is 10.3. The molecule has 2 rings (SSSR count). The van der Waals surface area contributed by atoms with Crippen LogP contribution in [0.25, 0.3) is 0 Å². The molecule has 1 aliphatic carbocycles. The minimum Gasteiger partial charge on any atom is -0.373 e. The fourth-order valence-electron chi connectivity index (χ4n) is 1.37. The van der Waals surface area contributed by atoms with Gasteiger partial charge in [-0.15, -0.1) is 0 Å². The number of anilines is 1. The molecule has 0 spiro atoms. The second kappa shape index (κ2) is 4.55. The third-order valence-corrected chi connectivity index (χ3v) is 2.33. The zero-order chi connectivity index (χ0) is 10.7. The summed E-state index contributed by atoms with van der Waals surface area (Å²) < 4.78 is 5.50. The summed E-state index contributed by atoms with van der Waals surface area (Å²) >= 11 is 0. The number of hydrogen-bond donors (Lipinski definition) is 2. The Labute approximate surface area is 89.0 Å². The van der Waals surface area contributed by atoms with E-state index in [0.29, 0.717) is 18.2 Å². The van der Waals surface area contributed by atoms with Crippen LogP contribution in [0.3, 0.4) is 0 Å². The van der Waals surface area contributed by atoms with Crippen molar-refractivity contribution in [3.05, 3.63) is 17.6 Å². The van der Waals surface area contributed by atoms with E-state index in [4.69, 9.17) is 10.6 Å². The summed E-state index contributed by atoms with van der Waals surface area (Å²) in [4.78, 5) is 8.46. The third-order valence-electron chi connectivity index (χ3n) is 2.33. The van der Waals surface area contributed by atoms with E-state index in [-0.39, 0.29) is 0 Å². The van der Waals surface area contributed by atoms with E-state index in [9.17, 15) is 0 Å². The van der Waals surface area contributed by atoms with Crippen molar-refractivity contribution < 1.29 is 4.74 Å². The second-order valence-electron chi connectivity index (χ2n) is 3.91. The lowest BCUT2D eigenvalue weighted by atomic mass is 10.4. The molecule has 5 nitrogen and oxygen atoms in total. The van der Waals surface area contributed by atoms with Gasteiger partial charge in [-0.05, 0) is 25.7 Å². The van der Waals surface area contributed by atoms with E-state index in [2.05, 4.69) is 15.4 Å². The molecule has 1 aromatic heterocycles. The van der Waals surface area contributed by atoms with E-state index in [1.54, 1.807) is 6.07 Å². The van der Waals surface area contributed by atoms with Gasteiger partial charge in [-0.2, -0.15) is 0 Å². The quantitative estimate of drug-likeness (QED) is 0.558. The number of ether oxygens (including phenoxy) is 1. The van der Waals surface area contributed by atoms with Crippen molar-refractivity contribution in [3.8, 4) is 0 Å². The normalized spacial score (nSPS) is 15.3. The Morgan fingerprint density at radius 1 is 1.53 bits per heavy atom. The third kappa shape index (κ3) is 3.14. The number of nitrogen functional groups attached to an aromatic ring is 1. The molecule has 82 valence electrons. The molecular formula is C10H16N4O. The SMILES string of the molecule is Cc1cc(NN)nc(COCC2CC2)n1. The predicted molar refractivity (Wildman–Crippen MR) is 57.0 cm³/mol. The van der Waals surface area contributed by atoms with Crippen LogP contribution in [0.1, 0.15) is 24.4 Å². The molecule has 0 atom stereocenters. The zero-order valence-corrected chi connectivity index (χ0v) is 8.86. The van der Waals surface area contributed by atoms with Crippen LogP contribution < -0.4 is 11.3 Å². The first-order chi connectivity index (χ1) is 7.28. The topological polar surface area (TPSA) is 73.1 Å². The largest absolute Gasteiger partial charge is 0.373 e. The van der Waals surface area contributed by atoms with E-state index in [0.717, 1.165) is 18.2 Å². The van der Waals surface area contributed by atoms with Crippen molar-refractivity contribution in [1.82, 2.24) is 9.97 Å². The van der Waals surface area contributed by atoms with Gasteiger partial charge in [0.1, 0.15) is 12.4 Å². The fourth-order valence-corrected chi connectivity index (χ4v) is 1.37. The molecule has 0 aromatic carbocycles. The van der Waals surface area contributed by atoms with Gasteiger partial charge in [-0.1, -0.05) is 0 Å². The highest BCUT2D eigenvalue weighted by Crippen LogP contribution is 2.28. The van der Waals surface area contributed by atoms with Crippen molar-refractivity contribution in [1.29, 1.82) is 0 Å². The Kier molecular flexibility index (Phi) is 3.13. The zero-order valence-electron chi connectivity index (χ0n) is 8.86. The predicted octanol–water partition coefficient (Wildman–Crippen LogP) is 0.997. The van der Waals surface area contributed by atoms with Gasteiger partial charge in [0.25, 0.3) is 0 Å². The monoisotopic (exact) mass is 208 g/mol. The Hall–Kier alpha value is -1.20. The highest BCUT2D eigenvalue weighted by atomic mass is 16.5. The highest BCUT2D eigenvalue weighted by Gasteiger charge is 2.21. The van der Waals surface area contributed by atoms with E-state index in [1.807, 2.05) is 6.92 Å². The summed E-state index contributed by atoms with van der Waals surface area (Å²) in [5, 5.41) is 0. The first-order valence-corrected chi connectivity index (χ1v) is 5.17. The second-order valence-corrected chi connectivity index (χ2v) is 3.91. The van der Waals surface area contributed by atoms with Crippen molar-refractivity contribution >= 4 is 5.82 Å². The van der Waals surface area contributed by atoms with E-state index < -0.39 is 0 Å². The van der Waals surface area contributed by atoms with Gasteiger partial charge in [0, 0.05) is 18.4 Å². The number of rotatable bonds is 5. The number of hydrazine groups is 1. The molecule has 0 unspecified atom stereocenters. The summed E-state index contributed by atoms with van der Waals surface area (Å²) in [6, 6.07) is 1.80. The van der Waals surface area contributed by atoms with Crippen LogP contribution >= 0.6 is 0 Å². The molecular weight excluding hydrogens is 192 g/mol.